The van der Waals surface area contributed by atoms with Crippen molar-refractivity contribution in [2.75, 3.05) is 13.2 Å². The van der Waals surface area contributed by atoms with Gasteiger partial charge >= 0.3 is 0 Å². The second-order valence-corrected chi connectivity index (χ2v) is 12.8. The fourth-order valence-corrected chi connectivity index (χ4v) is 9.22. The van der Waals surface area contributed by atoms with Gasteiger partial charge in [-0.15, -0.1) is 0 Å². The van der Waals surface area contributed by atoms with Gasteiger partial charge < -0.3 is 15.0 Å². The van der Waals surface area contributed by atoms with Gasteiger partial charge in [-0.05, 0) is 81.8 Å². The average Bonchev–Trinajstić information content (AvgIpc) is 3.24. The van der Waals surface area contributed by atoms with Crippen LogP contribution in [0.4, 0.5) is 0 Å². The number of fused-ring (bicyclic) bond motifs is 5. The lowest BCUT2D eigenvalue weighted by Crippen LogP contribution is -2.64. The van der Waals surface area contributed by atoms with Crippen LogP contribution in [0.15, 0.2) is 24.3 Å². The summed E-state index contributed by atoms with van der Waals surface area (Å²) in [6, 6.07) is 11.1. The molecule has 1 aromatic heterocycles. The van der Waals surface area contributed by atoms with Gasteiger partial charge in [0.05, 0.1) is 17.6 Å². The lowest BCUT2D eigenvalue weighted by molar-refractivity contribution is -0.130. The Bertz CT molecular complexity index is 975. The molecule has 35 heavy (non-hydrogen) atoms. The minimum atomic E-state index is -0.405. The van der Waals surface area contributed by atoms with Gasteiger partial charge in [0, 0.05) is 30.7 Å². The van der Waals surface area contributed by atoms with Crippen molar-refractivity contribution in [2.24, 2.45) is 17.8 Å². The highest BCUT2D eigenvalue weighted by atomic mass is 16.5. The summed E-state index contributed by atoms with van der Waals surface area (Å²) >= 11 is 0. The largest absolute Gasteiger partial charge is 0.364 e. The first-order valence-electron chi connectivity index (χ1n) is 14.8. The van der Waals surface area contributed by atoms with Crippen molar-refractivity contribution in [1.82, 2.24) is 20.2 Å². The molecule has 7 rings (SSSR count). The van der Waals surface area contributed by atoms with E-state index < -0.39 is 5.60 Å². The molecule has 5 heteroatoms. The molecule has 8 atom stereocenters. The molecule has 4 bridgehead atoms. The zero-order valence-electron chi connectivity index (χ0n) is 21.6. The highest BCUT2D eigenvalue weighted by Gasteiger charge is 2.51. The molecule has 4 heterocycles. The second-order valence-electron chi connectivity index (χ2n) is 12.8. The molecule has 3 saturated heterocycles. The van der Waals surface area contributed by atoms with E-state index in [2.05, 4.69) is 46.4 Å². The SMILES string of the molecule is CC1(c2nc3ccccc3[nH]2)OCCNC1C1C[C@H]2CCC[C@@H](C1)N2C1C[C@H]2CCCC[C@@H](C1)C2. The molecule has 3 aliphatic heterocycles. The number of hydrogen-bond donors (Lipinski definition) is 2. The van der Waals surface area contributed by atoms with Gasteiger partial charge in [-0.2, -0.15) is 0 Å². The molecule has 0 spiro atoms. The third-order valence-corrected chi connectivity index (χ3v) is 10.6. The first-order valence-corrected chi connectivity index (χ1v) is 14.8. The molecule has 2 saturated carbocycles. The first-order chi connectivity index (χ1) is 17.2. The van der Waals surface area contributed by atoms with E-state index >= 15 is 0 Å². The fraction of sp³-hybridized carbons (Fsp3) is 0.767. The number of imidazole rings is 1. The maximum Gasteiger partial charge on any atom is 0.141 e. The van der Waals surface area contributed by atoms with Crippen molar-refractivity contribution in [3.63, 3.8) is 0 Å². The number of ether oxygens (including phenoxy) is 1. The van der Waals surface area contributed by atoms with Crippen molar-refractivity contribution in [2.45, 2.75) is 114 Å². The average molecular weight is 477 g/mol. The Labute approximate surface area is 210 Å². The maximum atomic E-state index is 6.61. The van der Waals surface area contributed by atoms with Crippen molar-refractivity contribution in [3.05, 3.63) is 30.1 Å². The number of hydrogen-bond acceptors (Lipinski definition) is 4. The van der Waals surface area contributed by atoms with Crippen LogP contribution in [0.25, 0.3) is 11.0 Å². The quantitative estimate of drug-likeness (QED) is 0.591. The molecule has 0 amide bonds. The highest BCUT2D eigenvalue weighted by Crippen LogP contribution is 2.48. The van der Waals surface area contributed by atoms with Crippen LogP contribution in [0.3, 0.4) is 0 Å². The van der Waals surface area contributed by atoms with Crippen LogP contribution in [-0.4, -0.2) is 52.2 Å². The van der Waals surface area contributed by atoms with E-state index in [0.29, 0.717) is 12.0 Å². The number of rotatable bonds is 3. The Balaban J connectivity index is 1.14. The summed E-state index contributed by atoms with van der Waals surface area (Å²) < 4.78 is 6.61. The molecule has 4 unspecified atom stereocenters. The van der Waals surface area contributed by atoms with Crippen molar-refractivity contribution in [3.8, 4) is 0 Å². The van der Waals surface area contributed by atoms with E-state index in [1.807, 2.05) is 0 Å². The number of nitrogens with one attached hydrogen (secondary N) is 2. The third kappa shape index (κ3) is 4.06. The number of nitrogens with zero attached hydrogens (tertiary/aromatic N) is 2. The molecule has 2 aromatic rings. The summed E-state index contributed by atoms with van der Waals surface area (Å²) in [5, 5.41) is 3.94. The number of aromatic amines is 1. The molecule has 2 aliphatic carbocycles. The van der Waals surface area contributed by atoms with Crippen LogP contribution in [0.2, 0.25) is 0 Å². The lowest BCUT2D eigenvalue weighted by atomic mass is 9.68. The molecule has 190 valence electrons. The minimum absolute atomic E-state index is 0.316. The van der Waals surface area contributed by atoms with Gasteiger partial charge in [0.2, 0.25) is 0 Å². The molecular formula is C30H44N4O. The Morgan fingerprint density at radius 3 is 2.37 bits per heavy atom. The molecule has 2 N–H and O–H groups in total. The summed E-state index contributed by atoms with van der Waals surface area (Å²) in [6.45, 7) is 3.98. The summed E-state index contributed by atoms with van der Waals surface area (Å²) in [7, 11) is 0. The first kappa shape index (κ1) is 22.7. The number of benzene rings is 1. The number of para-hydroxylation sites is 2. The van der Waals surface area contributed by atoms with Crippen molar-refractivity contribution < 1.29 is 4.74 Å². The third-order valence-electron chi connectivity index (χ3n) is 10.6. The normalized spacial score (nSPS) is 42.6. The van der Waals surface area contributed by atoms with Crippen LogP contribution in [0.5, 0.6) is 0 Å². The van der Waals surface area contributed by atoms with E-state index in [-0.39, 0.29) is 0 Å². The smallest absolute Gasteiger partial charge is 0.141 e. The zero-order valence-corrected chi connectivity index (χ0v) is 21.6. The molecular weight excluding hydrogens is 432 g/mol. The van der Waals surface area contributed by atoms with E-state index in [4.69, 9.17) is 9.72 Å². The summed E-state index contributed by atoms with van der Waals surface area (Å²) in [5.41, 5.74) is 1.75. The summed E-state index contributed by atoms with van der Waals surface area (Å²) in [4.78, 5) is 11.7. The Hall–Kier alpha value is -1.43. The van der Waals surface area contributed by atoms with Gasteiger partial charge in [-0.25, -0.2) is 4.98 Å². The zero-order chi connectivity index (χ0) is 23.4. The van der Waals surface area contributed by atoms with Crippen LogP contribution in [0, 0.1) is 17.8 Å². The van der Waals surface area contributed by atoms with Crippen molar-refractivity contribution >= 4 is 11.0 Å². The predicted octanol–water partition coefficient (Wildman–Crippen LogP) is 5.76. The van der Waals surface area contributed by atoms with Gasteiger partial charge in [-0.1, -0.05) is 44.2 Å². The van der Waals surface area contributed by atoms with Gasteiger partial charge in [0.15, 0.2) is 0 Å². The van der Waals surface area contributed by atoms with Crippen LogP contribution in [-0.2, 0) is 10.3 Å². The van der Waals surface area contributed by atoms with Gasteiger partial charge in [0.1, 0.15) is 11.4 Å². The van der Waals surface area contributed by atoms with E-state index in [1.165, 1.54) is 77.0 Å². The minimum Gasteiger partial charge on any atom is -0.364 e. The standard InChI is InChI=1S/C30H44N4O/c1-30(29-32-26-11-4-5-12-27(26)33-29)28(31-13-14-35-30)22-18-23-9-6-10-24(19-22)34(23)25-16-20-7-2-3-8-21(15-20)17-25/h4-5,11-12,20-25,28,31H,2-3,6-10,13-19H2,1H3,(H,32,33)/t20-,21+,22?,23-,24+,25?,28?,30?. The lowest BCUT2D eigenvalue weighted by Gasteiger charge is -2.57. The van der Waals surface area contributed by atoms with Crippen molar-refractivity contribution in [1.29, 1.82) is 0 Å². The second kappa shape index (κ2) is 9.15. The molecule has 5 nitrogen and oxygen atoms in total. The number of morpholine rings is 1. The molecule has 5 fully saturated rings. The van der Waals surface area contributed by atoms with E-state index in [0.717, 1.165) is 60.0 Å². The fourth-order valence-electron chi connectivity index (χ4n) is 9.22. The molecule has 1 aromatic carbocycles. The topological polar surface area (TPSA) is 53.2 Å². The van der Waals surface area contributed by atoms with Gasteiger partial charge in [-0.3, -0.25) is 4.90 Å². The molecule has 5 aliphatic rings. The Morgan fingerprint density at radius 2 is 1.63 bits per heavy atom. The predicted molar refractivity (Wildman–Crippen MR) is 140 cm³/mol. The monoisotopic (exact) mass is 476 g/mol. The Morgan fingerprint density at radius 1 is 0.886 bits per heavy atom. The maximum absolute atomic E-state index is 6.61. The number of aromatic nitrogens is 2. The van der Waals surface area contributed by atoms with Crippen LogP contribution < -0.4 is 5.32 Å². The number of piperidine rings is 2. The van der Waals surface area contributed by atoms with Gasteiger partial charge in [0.25, 0.3) is 0 Å². The van der Waals surface area contributed by atoms with Crippen LogP contribution >= 0.6 is 0 Å². The Kier molecular flexibility index (Phi) is 5.94. The molecule has 0 radical (unpaired) electrons. The summed E-state index contributed by atoms with van der Waals surface area (Å²) in [6.07, 6.45) is 17.3. The van der Waals surface area contributed by atoms with E-state index in [1.54, 1.807) is 0 Å². The van der Waals surface area contributed by atoms with E-state index in [9.17, 15) is 0 Å². The van der Waals surface area contributed by atoms with Crippen LogP contribution in [0.1, 0.15) is 89.8 Å². The number of H-pyrrole nitrogens is 1. The summed E-state index contributed by atoms with van der Waals surface area (Å²) in [5.74, 6) is 3.65. The highest BCUT2D eigenvalue weighted by molar-refractivity contribution is 5.75.